The van der Waals surface area contributed by atoms with Crippen LogP contribution < -0.4 is 9.13 Å². The van der Waals surface area contributed by atoms with Crippen molar-refractivity contribution in [2.24, 2.45) is 14.1 Å². The van der Waals surface area contributed by atoms with Crippen molar-refractivity contribution in [3.63, 3.8) is 0 Å². The summed E-state index contributed by atoms with van der Waals surface area (Å²) < 4.78 is 32.7. The number of nitrogens with zero attached hydrogens (tertiary/aromatic N) is 2. The van der Waals surface area contributed by atoms with Gasteiger partial charge in [0.05, 0.1) is 11.1 Å². The maximum atomic E-state index is 14.5. The molecule has 0 unspecified atom stereocenters. The Hall–Kier alpha value is -2.33. The van der Waals surface area contributed by atoms with Crippen molar-refractivity contribution >= 4 is 11.6 Å². The van der Waals surface area contributed by atoms with Crippen LogP contribution in [-0.4, -0.2) is 6.38 Å². The molecule has 0 saturated carbocycles. The average Bonchev–Trinajstić information content (AvgIpc) is 2.68. The Balaban J connectivity index is 0.000000855. The van der Waals surface area contributed by atoms with E-state index in [1.165, 1.54) is 6.38 Å². The Labute approximate surface area is 165 Å². The summed E-state index contributed by atoms with van der Waals surface area (Å²) in [5, 5.41) is 0. The Morgan fingerprint density at radius 3 is 1.44 bits per heavy atom. The first kappa shape index (κ1) is 22.7. The van der Waals surface area contributed by atoms with E-state index in [-0.39, 0.29) is 0 Å². The molecule has 0 radical (unpaired) electrons. The molecule has 0 N–H and O–H groups in total. The molecular formula is C22H27ClF2N2+2. The van der Waals surface area contributed by atoms with E-state index in [4.69, 9.17) is 0 Å². The van der Waals surface area contributed by atoms with Crippen LogP contribution >= 0.6 is 11.6 Å². The van der Waals surface area contributed by atoms with E-state index in [1.54, 1.807) is 6.92 Å². The minimum absolute atomic E-state index is 0.424. The lowest BCUT2D eigenvalue weighted by molar-refractivity contribution is -0.660. The van der Waals surface area contributed by atoms with Crippen LogP contribution in [0.3, 0.4) is 0 Å². The number of hydrogen-bond acceptors (Lipinski definition) is 0. The fraction of sp³-hybridized carbons (Fsp3) is 0.273. The highest BCUT2D eigenvalue weighted by atomic mass is 35.5. The first-order chi connectivity index (χ1) is 13.0. The second-order valence-corrected chi connectivity index (χ2v) is 5.61. The van der Waals surface area contributed by atoms with Gasteiger partial charge in [-0.15, -0.1) is 11.6 Å². The molecule has 2 aromatic heterocycles. The molecule has 1 aromatic carbocycles. The zero-order valence-electron chi connectivity index (χ0n) is 16.7. The van der Waals surface area contributed by atoms with Crippen molar-refractivity contribution in [3.05, 3.63) is 72.1 Å². The third-order valence-corrected chi connectivity index (χ3v) is 4.10. The second kappa shape index (κ2) is 10.7. The van der Waals surface area contributed by atoms with Crippen LogP contribution in [0.15, 0.2) is 54.9 Å². The van der Waals surface area contributed by atoms with Gasteiger partial charge in [0.2, 0.25) is 11.4 Å². The molecule has 0 saturated heterocycles. The number of benzene rings is 1. The number of aryl methyl sites for hydroxylation is 2. The normalized spacial score (nSPS) is 9.67. The molecule has 0 fully saturated rings. The molecule has 0 aliphatic carbocycles. The summed E-state index contributed by atoms with van der Waals surface area (Å²) in [5.41, 5.74) is 2.86. The summed E-state index contributed by atoms with van der Waals surface area (Å²) in [4.78, 5) is 0. The van der Waals surface area contributed by atoms with Gasteiger partial charge in [0.15, 0.2) is 12.4 Å². The topological polar surface area (TPSA) is 7.76 Å². The average molecular weight is 393 g/mol. The number of hydrogen-bond donors (Lipinski definition) is 0. The first-order valence-corrected chi connectivity index (χ1v) is 9.52. The Morgan fingerprint density at radius 2 is 1.11 bits per heavy atom. The van der Waals surface area contributed by atoms with Crippen molar-refractivity contribution in [2.75, 3.05) is 6.38 Å². The van der Waals surface area contributed by atoms with Crippen LogP contribution in [0, 0.1) is 18.6 Å². The highest BCUT2D eigenvalue weighted by molar-refractivity contribution is 6.15. The SMILES string of the molecule is CC.CCl.Cc1c(-c2cccc[n+]2C)c(F)cc(F)c1-c1cccc[n+]1C. The molecule has 5 heteroatoms. The first-order valence-electron chi connectivity index (χ1n) is 8.77. The molecule has 3 rings (SSSR count). The van der Waals surface area contributed by atoms with E-state index in [9.17, 15) is 8.78 Å². The van der Waals surface area contributed by atoms with E-state index in [0.717, 1.165) is 6.07 Å². The predicted molar refractivity (Wildman–Crippen MR) is 107 cm³/mol. The minimum Gasteiger partial charge on any atom is -0.206 e. The third kappa shape index (κ3) is 4.89. The van der Waals surface area contributed by atoms with Gasteiger partial charge in [-0.2, -0.15) is 0 Å². The van der Waals surface area contributed by atoms with Crippen LogP contribution in [-0.2, 0) is 14.1 Å². The van der Waals surface area contributed by atoms with Gasteiger partial charge in [-0.05, 0) is 24.6 Å². The quantitative estimate of drug-likeness (QED) is 0.421. The summed E-state index contributed by atoms with van der Waals surface area (Å²) >= 11 is 4.64. The lowest BCUT2D eigenvalue weighted by Crippen LogP contribution is -2.32. The zero-order valence-corrected chi connectivity index (χ0v) is 17.5. The summed E-state index contributed by atoms with van der Waals surface area (Å²) in [6.07, 6.45) is 5.17. The van der Waals surface area contributed by atoms with E-state index in [2.05, 4.69) is 11.6 Å². The van der Waals surface area contributed by atoms with E-state index in [1.807, 2.05) is 85.9 Å². The summed E-state index contributed by atoms with van der Waals surface area (Å²) in [6, 6.07) is 12.1. The lowest BCUT2D eigenvalue weighted by Gasteiger charge is -2.11. The lowest BCUT2D eigenvalue weighted by atomic mass is 9.95. The zero-order chi connectivity index (χ0) is 20.6. The Kier molecular flexibility index (Phi) is 9.03. The van der Waals surface area contributed by atoms with Gasteiger partial charge in [0.1, 0.15) is 25.7 Å². The minimum atomic E-state index is -0.552. The summed E-state index contributed by atoms with van der Waals surface area (Å²) in [6.45, 7) is 5.76. The van der Waals surface area contributed by atoms with Gasteiger partial charge in [-0.3, -0.25) is 0 Å². The van der Waals surface area contributed by atoms with Crippen LogP contribution in [0.5, 0.6) is 0 Å². The number of halogens is 3. The second-order valence-electron chi connectivity index (χ2n) is 5.61. The van der Waals surface area contributed by atoms with Crippen molar-refractivity contribution in [2.45, 2.75) is 20.8 Å². The van der Waals surface area contributed by atoms with Crippen molar-refractivity contribution in [1.29, 1.82) is 0 Å². The number of alkyl halides is 1. The standard InChI is InChI=1S/C19H18F2N2.C2H6.CH3Cl/c1-13-18(16-8-4-6-10-22(16)2)14(20)12-15(21)19(13)17-9-5-7-11-23(17)3;2*1-2/h4-12H,1-3H3;1-2H3;1H3/q+2;;. The molecule has 0 amide bonds. The van der Waals surface area contributed by atoms with Crippen LogP contribution in [0.25, 0.3) is 22.5 Å². The molecular weight excluding hydrogens is 366 g/mol. The monoisotopic (exact) mass is 392 g/mol. The fourth-order valence-electron chi connectivity index (χ4n) is 2.93. The molecule has 0 aliphatic heterocycles. The molecule has 27 heavy (non-hydrogen) atoms. The molecule has 2 heterocycles. The summed E-state index contributed by atoms with van der Waals surface area (Å²) in [5.74, 6) is -1.10. The van der Waals surface area contributed by atoms with Crippen LogP contribution in [0.4, 0.5) is 8.78 Å². The number of pyridine rings is 2. The maximum Gasteiger partial charge on any atom is 0.215 e. The van der Waals surface area contributed by atoms with Crippen LogP contribution in [0.1, 0.15) is 19.4 Å². The van der Waals surface area contributed by atoms with Gasteiger partial charge in [0.25, 0.3) is 0 Å². The molecule has 0 spiro atoms. The number of aromatic nitrogens is 2. The largest absolute Gasteiger partial charge is 0.215 e. The van der Waals surface area contributed by atoms with Gasteiger partial charge < -0.3 is 0 Å². The van der Waals surface area contributed by atoms with Gasteiger partial charge in [0, 0.05) is 36.7 Å². The van der Waals surface area contributed by atoms with Crippen molar-refractivity contribution in [3.8, 4) is 22.5 Å². The molecule has 0 bridgehead atoms. The van der Waals surface area contributed by atoms with E-state index in [0.29, 0.717) is 28.1 Å². The van der Waals surface area contributed by atoms with Crippen molar-refractivity contribution < 1.29 is 17.9 Å². The maximum absolute atomic E-state index is 14.5. The molecule has 3 aromatic rings. The molecule has 144 valence electrons. The Morgan fingerprint density at radius 1 is 0.741 bits per heavy atom. The van der Waals surface area contributed by atoms with Crippen LogP contribution in [0.2, 0.25) is 0 Å². The number of rotatable bonds is 2. The fourth-order valence-corrected chi connectivity index (χ4v) is 2.93. The van der Waals surface area contributed by atoms with Crippen molar-refractivity contribution in [1.82, 2.24) is 0 Å². The molecule has 2 nitrogen and oxygen atoms in total. The predicted octanol–water partition coefficient (Wildman–Crippen LogP) is 5.14. The van der Waals surface area contributed by atoms with Gasteiger partial charge in [-0.1, -0.05) is 13.8 Å². The molecule has 0 atom stereocenters. The third-order valence-electron chi connectivity index (χ3n) is 4.10. The van der Waals surface area contributed by atoms with Gasteiger partial charge in [-0.25, -0.2) is 17.9 Å². The van der Waals surface area contributed by atoms with E-state index >= 15 is 0 Å². The molecule has 0 aliphatic rings. The summed E-state index contributed by atoms with van der Waals surface area (Å²) in [7, 11) is 3.69. The smallest absolute Gasteiger partial charge is 0.206 e. The van der Waals surface area contributed by atoms with Gasteiger partial charge >= 0.3 is 0 Å². The van der Waals surface area contributed by atoms with E-state index < -0.39 is 11.6 Å². The highest BCUT2D eigenvalue weighted by Crippen LogP contribution is 2.33. The highest BCUT2D eigenvalue weighted by Gasteiger charge is 2.26. The Bertz CT molecular complexity index is 826.